The first-order valence-electron chi connectivity index (χ1n) is 6.64. The fraction of sp³-hybridized carbons (Fsp3) is 0.714. The van der Waals surface area contributed by atoms with Gasteiger partial charge in [-0.1, -0.05) is 39.8 Å². The lowest BCUT2D eigenvalue weighted by molar-refractivity contribution is 0.0907. The van der Waals surface area contributed by atoms with Gasteiger partial charge in [0.25, 0.3) is 5.91 Å². The van der Waals surface area contributed by atoms with E-state index in [-0.39, 0.29) is 35.6 Å². The van der Waals surface area contributed by atoms with Gasteiger partial charge in [-0.15, -0.1) is 0 Å². The van der Waals surface area contributed by atoms with Crippen LogP contribution in [0.2, 0.25) is 0 Å². The number of nitrogens with one attached hydrogen (secondary N) is 1. The predicted molar refractivity (Wildman–Crippen MR) is 73.0 cm³/mol. The highest BCUT2D eigenvalue weighted by Crippen LogP contribution is 2.22. The number of aliphatic hydroxyl groups excluding tert-OH is 1. The molecule has 0 bridgehead atoms. The van der Waals surface area contributed by atoms with E-state index in [2.05, 4.69) is 10.5 Å². The van der Waals surface area contributed by atoms with Gasteiger partial charge in [0.15, 0.2) is 5.69 Å². The van der Waals surface area contributed by atoms with E-state index in [9.17, 15) is 4.79 Å². The molecule has 2 N–H and O–H groups in total. The molecule has 0 aliphatic carbocycles. The smallest absolute Gasteiger partial charge is 0.273 e. The molecule has 1 unspecified atom stereocenters. The summed E-state index contributed by atoms with van der Waals surface area (Å²) in [6.45, 7) is 10.1. The Hall–Kier alpha value is -1.36. The number of carbonyl (C=O) groups is 1. The lowest BCUT2D eigenvalue weighted by atomic mass is 9.93. The third kappa shape index (κ3) is 4.35. The van der Waals surface area contributed by atoms with Gasteiger partial charge in [-0.25, -0.2) is 0 Å². The second kappa shape index (κ2) is 6.19. The van der Waals surface area contributed by atoms with Gasteiger partial charge in [-0.2, -0.15) is 0 Å². The molecule has 1 aromatic rings. The van der Waals surface area contributed by atoms with E-state index in [0.717, 1.165) is 0 Å². The van der Waals surface area contributed by atoms with Crippen molar-refractivity contribution in [2.24, 2.45) is 5.92 Å². The topological polar surface area (TPSA) is 75.4 Å². The Morgan fingerprint density at radius 1 is 1.47 bits per heavy atom. The highest BCUT2D eigenvalue weighted by Gasteiger charge is 2.23. The molecule has 0 aliphatic rings. The van der Waals surface area contributed by atoms with Crippen LogP contribution >= 0.6 is 0 Å². The van der Waals surface area contributed by atoms with Gasteiger partial charge in [0.2, 0.25) is 0 Å². The van der Waals surface area contributed by atoms with E-state index in [4.69, 9.17) is 9.63 Å². The zero-order valence-electron chi connectivity index (χ0n) is 12.4. The first-order valence-corrected chi connectivity index (χ1v) is 6.64. The molecule has 5 heteroatoms. The van der Waals surface area contributed by atoms with Gasteiger partial charge < -0.3 is 14.9 Å². The van der Waals surface area contributed by atoms with E-state index < -0.39 is 0 Å². The first kappa shape index (κ1) is 15.7. The summed E-state index contributed by atoms with van der Waals surface area (Å²) < 4.78 is 5.19. The molecule has 1 amide bonds. The van der Waals surface area contributed by atoms with E-state index in [1.54, 1.807) is 6.07 Å². The Bertz CT molecular complexity index is 419. The molecule has 0 aromatic carbocycles. The van der Waals surface area contributed by atoms with Crippen molar-refractivity contribution >= 4 is 5.91 Å². The zero-order valence-corrected chi connectivity index (χ0v) is 12.4. The zero-order chi connectivity index (χ0) is 14.6. The minimum absolute atomic E-state index is 0.0508. The van der Waals surface area contributed by atoms with Gasteiger partial charge in [0.05, 0.1) is 0 Å². The lowest BCUT2D eigenvalue weighted by Gasteiger charge is -2.20. The summed E-state index contributed by atoms with van der Waals surface area (Å²) in [7, 11) is 0. The lowest BCUT2D eigenvalue weighted by Crippen LogP contribution is -2.39. The van der Waals surface area contributed by atoms with Gasteiger partial charge in [-0.3, -0.25) is 4.79 Å². The van der Waals surface area contributed by atoms with Crippen molar-refractivity contribution in [3.63, 3.8) is 0 Å². The summed E-state index contributed by atoms with van der Waals surface area (Å²) in [5, 5.41) is 15.7. The summed E-state index contributed by atoms with van der Waals surface area (Å²) in [5.74, 6) is 0.678. The number of aromatic nitrogens is 1. The minimum atomic E-state index is -0.258. The van der Waals surface area contributed by atoms with Crippen LogP contribution in [0.4, 0.5) is 0 Å². The van der Waals surface area contributed by atoms with Crippen LogP contribution in [0.25, 0.3) is 0 Å². The van der Waals surface area contributed by atoms with Crippen LogP contribution in [0.15, 0.2) is 10.6 Å². The molecule has 0 saturated carbocycles. The molecule has 1 aromatic heterocycles. The Balaban J connectivity index is 2.75. The van der Waals surface area contributed by atoms with Crippen molar-refractivity contribution < 1.29 is 14.4 Å². The van der Waals surface area contributed by atoms with Crippen molar-refractivity contribution in [1.82, 2.24) is 10.5 Å². The van der Waals surface area contributed by atoms with Crippen molar-refractivity contribution in [2.75, 3.05) is 6.61 Å². The van der Waals surface area contributed by atoms with Crippen LogP contribution in [0, 0.1) is 5.92 Å². The van der Waals surface area contributed by atoms with Gasteiger partial charge >= 0.3 is 0 Å². The summed E-state index contributed by atoms with van der Waals surface area (Å²) >= 11 is 0. The molecule has 0 saturated heterocycles. The number of rotatable bonds is 5. The monoisotopic (exact) mass is 268 g/mol. The second-order valence-electron chi connectivity index (χ2n) is 6.16. The third-order valence-corrected chi connectivity index (χ3v) is 3.04. The van der Waals surface area contributed by atoms with Crippen LogP contribution in [0.1, 0.15) is 57.3 Å². The molecule has 5 nitrogen and oxygen atoms in total. The SMILES string of the molecule is CC(C)C(CCO)NC(=O)c1cc(C(C)(C)C)on1. The Kier molecular flexibility index (Phi) is 5.11. The molecular weight excluding hydrogens is 244 g/mol. The molecule has 0 fully saturated rings. The largest absolute Gasteiger partial charge is 0.396 e. The molecule has 108 valence electrons. The highest BCUT2D eigenvalue weighted by atomic mass is 16.5. The molecule has 0 radical (unpaired) electrons. The number of amides is 1. The molecule has 1 rings (SSSR count). The maximum atomic E-state index is 12.1. The minimum Gasteiger partial charge on any atom is -0.396 e. The van der Waals surface area contributed by atoms with Gasteiger partial charge in [-0.05, 0) is 12.3 Å². The van der Waals surface area contributed by atoms with E-state index >= 15 is 0 Å². The summed E-state index contributed by atoms with van der Waals surface area (Å²) in [5.41, 5.74) is 0.113. The fourth-order valence-electron chi connectivity index (χ4n) is 1.69. The average molecular weight is 268 g/mol. The van der Waals surface area contributed by atoms with Crippen molar-refractivity contribution in [1.29, 1.82) is 0 Å². The quantitative estimate of drug-likeness (QED) is 0.857. The Morgan fingerprint density at radius 2 is 2.11 bits per heavy atom. The Morgan fingerprint density at radius 3 is 2.53 bits per heavy atom. The van der Waals surface area contributed by atoms with Crippen LogP contribution in [-0.2, 0) is 5.41 Å². The number of aliphatic hydroxyl groups is 1. The Labute approximate surface area is 114 Å². The van der Waals surface area contributed by atoms with Crippen LogP contribution < -0.4 is 5.32 Å². The van der Waals surface area contributed by atoms with Crippen molar-refractivity contribution in [2.45, 2.75) is 52.5 Å². The molecule has 1 heterocycles. The number of nitrogens with zero attached hydrogens (tertiary/aromatic N) is 1. The number of hydrogen-bond acceptors (Lipinski definition) is 4. The van der Waals surface area contributed by atoms with Crippen molar-refractivity contribution in [3.05, 3.63) is 17.5 Å². The summed E-state index contributed by atoms with van der Waals surface area (Å²) in [6.07, 6.45) is 0.535. The summed E-state index contributed by atoms with van der Waals surface area (Å²) in [6, 6.07) is 1.61. The molecule has 1 atom stereocenters. The first-order chi connectivity index (χ1) is 8.75. The second-order valence-corrected chi connectivity index (χ2v) is 6.16. The molecular formula is C14H24N2O3. The van der Waals surface area contributed by atoms with Gasteiger partial charge in [0, 0.05) is 24.1 Å². The van der Waals surface area contributed by atoms with Crippen molar-refractivity contribution in [3.8, 4) is 0 Å². The standard InChI is InChI=1S/C14H24N2O3/c1-9(2)10(6-7-17)15-13(18)11-8-12(19-16-11)14(3,4)5/h8-10,17H,6-7H2,1-5H3,(H,15,18). The van der Waals surface area contributed by atoms with Gasteiger partial charge in [0.1, 0.15) is 5.76 Å². The number of carbonyl (C=O) groups excluding carboxylic acids is 1. The number of hydrogen-bond donors (Lipinski definition) is 2. The molecule has 0 aliphatic heterocycles. The molecule has 19 heavy (non-hydrogen) atoms. The average Bonchev–Trinajstić information content (AvgIpc) is 2.76. The summed E-state index contributed by atoms with van der Waals surface area (Å²) in [4.78, 5) is 12.1. The molecule has 0 spiro atoms. The van der Waals surface area contributed by atoms with E-state index in [1.807, 2.05) is 34.6 Å². The maximum Gasteiger partial charge on any atom is 0.273 e. The highest BCUT2D eigenvalue weighted by molar-refractivity contribution is 5.92. The third-order valence-electron chi connectivity index (χ3n) is 3.04. The van der Waals surface area contributed by atoms with Crippen LogP contribution in [0.5, 0.6) is 0 Å². The van der Waals surface area contributed by atoms with E-state index in [1.165, 1.54) is 0 Å². The van der Waals surface area contributed by atoms with Crippen LogP contribution in [0.3, 0.4) is 0 Å². The fourth-order valence-corrected chi connectivity index (χ4v) is 1.69. The van der Waals surface area contributed by atoms with Crippen LogP contribution in [-0.4, -0.2) is 28.8 Å². The van der Waals surface area contributed by atoms with E-state index in [0.29, 0.717) is 12.2 Å². The maximum absolute atomic E-state index is 12.1. The predicted octanol–water partition coefficient (Wildman–Crippen LogP) is 2.11. The normalized spacial score (nSPS) is 13.6.